The zero-order valence-electron chi connectivity index (χ0n) is 12.0. The highest BCUT2D eigenvalue weighted by molar-refractivity contribution is 7.17. The van der Waals surface area contributed by atoms with Crippen molar-refractivity contribution in [3.8, 4) is 6.07 Å². The molecule has 1 heterocycles. The van der Waals surface area contributed by atoms with Crippen molar-refractivity contribution in [1.82, 2.24) is 4.98 Å². The quantitative estimate of drug-likeness (QED) is 0.591. The number of nitriles is 1. The molecule has 20 heavy (non-hydrogen) atoms. The number of carbonyl (C=O) groups excluding carboxylic acids is 2. The van der Waals surface area contributed by atoms with E-state index < -0.39 is 5.97 Å². The molecule has 0 radical (unpaired) electrons. The predicted octanol–water partition coefficient (Wildman–Crippen LogP) is 2.26. The maximum atomic E-state index is 11.7. The van der Waals surface area contributed by atoms with Gasteiger partial charge in [0, 0.05) is 19.5 Å². The summed E-state index contributed by atoms with van der Waals surface area (Å²) in [7, 11) is 1.25. The van der Waals surface area contributed by atoms with Crippen LogP contribution in [0.15, 0.2) is 0 Å². The van der Waals surface area contributed by atoms with Crippen molar-refractivity contribution in [3.05, 3.63) is 10.6 Å². The molecule has 0 saturated heterocycles. The van der Waals surface area contributed by atoms with Gasteiger partial charge in [-0.15, -0.1) is 0 Å². The van der Waals surface area contributed by atoms with Crippen molar-refractivity contribution in [2.45, 2.75) is 33.2 Å². The van der Waals surface area contributed by atoms with Gasteiger partial charge in [-0.05, 0) is 13.8 Å². The van der Waals surface area contributed by atoms with E-state index in [4.69, 9.17) is 5.26 Å². The van der Waals surface area contributed by atoms with Gasteiger partial charge in [0.05, 0.1) is 19.6 Å². The Morgan fingerprint density at radius 3 is 2.60 bits per heavy atom. The van der Waals surface area contributed by atoms with Crippen molar-refractivity contribution in [2.24, 2.45) is 0 Å². The normalized spacial score (nSPS) is 10.2. The molecule has 1 aromatic heterocycles. The van der Waals surface area contributed by atoms with Crippen LogP contribution < -0.4 is 4.90 Å². The molecule has 0 aliphatic heterocycles. The number of hydrogen-bond donors (Lipinski definition) is 0. The van der Waals surface area contributed by atoms with E-state index in [1.54, 1.807) is 0 Å². The van der Waals surface area contributed by atoms with Crippen LogP contribution in [0.1, 0.15) is 47.4 Å². The molecule has 0 aliphatic carbocycles. The molecule has 6 nitrogen and oxygen atoms in total. The van der Waals surface area contributed by atoms with E-state index in [1.807, 2.05) is 18.7 Å². The number of nitrogens with zero attached hydrogens (tertiary/aromatic N) is 3. The van der Waals surface area contributed by atoms with Gasteiger partial charge in [0.2, 0.25) is 0 Å². The van der Waals surface area contributed by atoms with Gasteiger partial charge < -0.3 is 9.64 Å². The van der Waals surface area contributed by atoms with Gasteiger partial charge in [0.1, 0.15) is 4.88 Å². The molecule has 0 amide bonds. The molecule has 0 N–H and O–H groups in total. The molecule has 1 aromatic rings. The minimum Gasteiger partial charge on any atom is -0.464 e. The average molecular weight is 295 g/mol. The number of aromatic nitrogens is 1. The maximum Gasteiger partial charge on any atom is 0.358 e. The van der Waals surface area contributed by atoms with Crippen LogP contribution in [0, 0.1) is 11.3 Å². The Morgan fingerprint density at radius 1 is 1.50 bits per heavy atom. The van der Waals surface area contributed by atoms with Crippen LogP contribution >= 0.6 is 11.3 Å². The Bertz CT molecular complexity index is 546. The minimum atomic E-state index is -0.623. The molecule has 0 aliphatic rings. The summed E-state index contributed by atoms with van der Waals surface area (Å²) in [5.74, 6) is -0.847. The van der Waals surface area contributed by atoms with Gasteiger partial charge in [-0.3, -0.25) is 4.79 Å². The van der Waals surface area contributed by atoms with Crippen molar-refractivity contribution in [1.29, 1.82) is 5.26 Å². The number of hydrogen-bond acceptors (Lipinski definition) is 7. The fraction of sp³-hybridized carbons (Fsp3) is 0.538. The molecular formula is C13H17N3O3S. The number of thiazole rings is 1. The fourth-order valence-corrected chi connectivity index (χ4v) is 2.76. The lowest BCUT2D eigenvalue weighted by Crippen LogP contribution is -2.31. The van der Waals surface area contributed by atoms with Crippen LogP contribution in [0.2, 0.25) is 0 Å². The number of ether oxygens (including phenoxy) is 1. The lowest BCUT2D eigenvalue weighted by atomic mass is 10.3. The van der Waals surface area contributed by atoms with E-state index in [0.717, 1.165) is 11.3 Å². The van der Waals surface area contributed by atoms with Gasteiger partial charge in [-0.2, -0.15) is 5.26 Å². The third-order valence-corrected chi connectivity index (χ3v) is 3.84. The van der Waals surface area contributed by atoms with Gasteiger partial charge in [0.15, 0.2) is 16.6 Å². The van der Waals surface area contributed by atoms with Crippen LogP contribution in [0.4, 0.5) is 5.13 Å². The number of anilines is 1. The van der Waals surface area contributed by atoms with Crippen LogP contribution in [-0.4, -0.2) is 36.4 Å². The first-order valence-electron chi connectivity index (χ1n) is 6.16. The van der Waals surface area contributed by atoms with Crippen molar-refractivity contribution < 1.29 is 14.3 Å². The van der Waals surface area contributed by atoms with Crippen molar-refractivity contribution in [2.75, 3.05) is 18.6 Å². The number of Topliss-reactive ketones (excluding diaryl/α,β-unsaturated/α-hetero) is 1. The summed E-state index contributed by atoms with van der Waals surface area (Å²) in [4.78, 5) is 29.7. The Labute approximate surface area is 122 Å². The molecule has 0 fully saturated rings. The average Bonchev–Trinajstić information content (AvgIpc) is 2.83. The van der Waals surface area contributed by atoms with Gasteiger partial charge in [0.25, 0.3) is 0 Å². The van der Waals surface area contributed by atoms with Crippen molar-refractivity contribution in [3.63, 3.8) is 0 Å². The van der Waals surface area contributed by atoms with E-state index >= 15 is 0 Å². The van der Waals surface area contributed by atoms with E-state index in [0.29, 0.717) is 18.1 Å². The Morgan fingerprint density at radius 2 is 2.15 bits per heavy atom. The first kappa shape index (κ1) is 16.1. The van der Waals surface area contributed by atoms with Crippen LogP contribution in [0.3, 0.4) is 0 Å². The van der Waals surface area contributed by atoms with Crippen LogP contribution in [-0.2, 0) is 4.74 Å². The topological polar surface area (TPSA) is 83.3 Å². The van der Waals surface area contributed by atoms with Crippen LogP contribution in [0.25, 0.3) is 0 Å². The van der Waals surface area contributed by atoms with E-state index in [2.05, 4.69) is 15.8 Å². The number of methoxy groups -OCH3 is 1. The fourth-order valence-electron chi connectivity index (χ4n) is 1.65. The molecule has 0 unspecified atom stereocenters. The summed E-state index contributed by atoms with van der Waals surface area (Å²) in [5.41, 5.74) is 0.0441. The molecule has 0 aromatic carbocycles. The second-order valence-corrected chi connectivity index (χ2v) is 5.39. The number of rotatable bonds is 6. The molecule has 0 spiro atoms. The van der Waals surface area contributed by atoms with Gasteiger partial charge >= 0.3 is 5.97 Å². The third-order valence-electron chi connectivity index (χ3n) is 2.65. The predicted molar refractivity (Wildman–Crippen MR) is 76.2 cm³/mol. The second kappa shape index (κ2) is 7.01. The highest BCUT2D eigenvalue weighted by atomic mass is 32.1. The summed E-state index contributed by atoms with van der Waals surface area (Å²) in [6.45, 7) is 5.81. The first-order valence-corrected chi connectivity index (χ1v) is 6.97. The maximum absolute atomic E-state index is 11.7. The number of carbonyl (C=O) groups is 2. The standard InChI is InChI=1S/C13H17N3O3S/c1-8(2)16(7-5-6-14)13-15-10(12(18)19-4)11(20-13)9(3)17/h8H,5,7H2,1-4H3. The smallest absolute Gasteiger partial charge is 0.358 e. The summed E-state index contributed by atoms with van der Waals surface area (Å²) in [6, 6.07) is 2.19. The zero-order valence-corrected chi connectivity index (χ0v) is 12.8. The molecule has 7 heteroatoms. The van der Waals surface area contributed by atoms with Gasteiger partial charge in [-0.25, -0.2) is 9.78 Å². The van der Waals surface area contributed by atoms with E-state index in [1.165, 1.54) is 14.0 Å². The van der Waals surface area contributed by atoms with Gasteiger partial charge in [-0.1, -0.05) is 11.3 Å². The Balaban J connectivity index is 3.20. The third kappa shape index (κ3) is 3.54. The molecule has 0 bridgehead atoms. The van der Waals surface area contributed by atoms with Crippen molar-refractivity contribution >= 4 is 28.2 Å². The lowest BCUT2D eigenvalue weighted by Gasteiger charge is -2.24. The summed E-state index contributed by atoms with van der Waals surface area (Å²) < 4.78 is 4.64. The summed E-state index contributed by atoms with van der Waals surface area (Å²) >= 11 is 1.15. The molecule has 1 rings (SSSR count). The molecule has 0 saturated carbocycles. The molecule has 108 valence electrons. The SMILES string of the molecule is COC(=O)c1nc(N(CCC#N)C(C)C)sc1C(C)=O. The first-order chi connectivity index (χ1) is 9.42. The lowest BCUT2D eigenvalue weighted by molar-refractivity contribution is 0.0591. The zero-order chi connectivity index (χ0) is 15.3. The highest BCUT2D eigenvalue weighted by Crippen LogP contribution is 2.28. The highest BCUT2D eigenvalue weighted by Gasteiger charge is 2.25. The molecular weight excluding hydrogens is 278 g/mol. The molecule has 0 atom stereocenters. The largest absolute Gasteiger partial charge is 0.464 e. The van der Waals surface area contributed by atoms with Crippen LogP contribution in [0.5, 0.6) is 0 Å². The number of ketones is 1. The number of esters is 1. The van der Waals surface area contributed by atoms with E-state index in [-0.39, 0.29) is 22.4 Å². The van der Waals surface area contributed by atoms with E-state index in [9.17, 15) is 9.59 Å². The summed E-state index contributed by atoms with van der Waals surface area (Å²) in [6.07, 6.45) is 0.348. The summed E-state index contributed by atoms with van der Waals surface area (Å²) in [5, 5.41) is 9.25. The Kier molecular flexibility index (Phi) is 5.65. The monoisotopic (exact) mass is 295 g/mol. The Hall–Kier alpha value is -1.94. The minimum absolute atomic E-state index is 0.0441. The second-order valence-electron chi connectivity index (χ2n) is 4.42.